The summed E-state index contributed by atoms with van der Waals surface area (Å²) >= 11 is 6.07. The molecule has 1 aromatic heterocycles. The van der Waals surface area contributed by atoms with Gasteiger partial charge in [-0.05, 0) is 12.1 Å². The highest BCUT2D eigenvalue weighted by atomic mass is 35.5. The summed E-state index contributed by atoms with van der Waals surface area (Å²) in [5.74, 6) is 0.764. The summed E-state index contributed by atoms with van der Waals surface area (Å²) in [5.41, 5.74) is 1.73. The lowest BCUT2D eigenvalue weighted by Crippen LogP contribution is -1.94. The van der Waals surface area contributed by atoms with E-state index in [0.29, 0.717) is 5.02 Å². The lowest BCUT2D eigenvalue weighted by molar-refractivity contribution is 0.417. The lowest BCUT2D eigenvalue weighted by atomic mass is 10.2. The summed E-state index contributed by atoms with van der Waals surface area (Å²) in [7, 11) is 3.47. The first kappa shape index (κ1) is 10.1. The molecule has 0 radical (unpaired) electrons. The summed E-state index contributed by atoms with van der Waals surface area (Å²) in [5, 5.41) is 4.67. The summed E-state index contributed by atoms with van der Waals surface area (Å²) in [6.07, 6.45) is 1.68. The van der Waals surface area contributed by atoms with Gasteiger partial charge in [-0.15, -0.1) is 0 Å². The Morgan fingerprint density at radius 3 is 2.87 bits per heavy atom. The van der Waals surface area contributed by atoms with Crippen LogP contribution in [-0.2, 0) is 0 Å². The van der Waals surface area contributed by atoms with Crippen LogP contribution in [0.4, 0.5) is 5.69 Å². The standard InChI is InChI=1S/C11H11ClN2O/c1-13-10-5-7-8(12)3-4-14-9(7)6-11(10)15-2/h3-6,13H,1-2H3. The van der Waals surface area contributed by atoms with Crippen LogP contribution in [0.2, 0.25) is 5.02 Å². The fourth-order valence-electron chi connectivity index (χ4n) is 1.50. The number of ether oxygens (including phenoxy) is 1. The average molecular weight is 223 g/mol. The maximum absolute atomic E-state index is 6.07. The second-order valence-corrected chi connectivity index (χ2v) is 3.52. The largest absolute Gasteiger partial charge is 0.495 e. The number of anilines is 1. The molecule has 2 rings (SSSR count). The molecule has 0 aliphatic heterocycles. The quantitative estimate of drug-likeness (QED) is 0.849. The molecule has 0 amide bonds. The molecular weight excluding hydrogens is 212 g/mol. The van der Waals surface area contributed by atoms with E-state index in [9.17, 15) is 0 Å². The van der Waals surface area contributed by atoms with Crippen molar-refractivity contribution in [3.05, 3.63) is 29.4 Å². The number of pyridine rings is 1. The van der Waals surface area contributed by atoms with Gasteiger partial charge in [0.25, 0.3) is 0 Å². The molecule has 1 heterocycles. The fraction of sp³-hybridized carbons (Fsp3) is 0.182. The summed E-state index contributed by atoms with van der Waals surface area (Å²) in [6.45, 7) is 0. The fourth-order valence-corrected chi connectivity index (χ4v) is 1.71. The van der Waals surface area contributed by atoms with E-state index in [0.717, 1.165) is 22.3 Å². The van der Waals surface area contributed by atoms with E-state index in [4.69, 9.17) is 16.3 Å². The number of rotatable bonds is 2. The molecular formula is C11H11ClN2O. The van der Waals surface area contributed by atoms with Gasteiger partial charge in [0.15, 0.2) is 0 Å². The minimum Gasteiger partial charge on any atom is -0.495 e. The van der Waals surface area contributed by atoms with Crippen molar-refractivity contribution in [2.24, 2.45) is 0 Å². The minimum absolute atomic E-state index is 0.694. The van der Waals surface area contributed by atoms with Gasteiger partial charge in [0, 0.05) is 24.7 Å². The number of halogens is 1. The normalized spacial score (nSPS) is 10.3. The number of hydrogen-bond donors (Lipinski definition) is 1. The molecule has 0 spiro atoms. The van der Waals surface area contributed by atoms with Crippen LogP contribution in [0, 0.1) is 0 Å². The SMILES string of the molecule is CNc1cc2c(Cl)ccnc2cc1OC. The van der Waals surface area contributed by atoms with Crippen LogP contribution in [0.3, 0.4) is 0 Å². The van der Waals surface area contributed by atoms with Crippen molar-refractivity contribution in [3.63, 3.8) is 0 Å². The lowest BCUT2D eigenvalue weighted by Gasteiger charge is -2.09. The van der Waals surface area contributed by atoms with Gasteiger partial charge in [-0.2, -0.15) is 0 Å². The molecule has 1 aromatic carbocycles. The molecule has 0 saturated heterocycles. The van der Waals surface area contributed by atoms with Crippen molar-refractivity contribution in [2.75, 3.05) is 19.5 Å². The monoisotopic (exact) mass is 222 g/mol. The maximum Gasteiger partial charge on any atom is 0.144 e. The van der Waals surface area contributed by atoms with Crippen LogP contribution in [0.5, 0.6) is 5.75 Å². The molecule has 78 valence electrons. The topological polar surface area (TPSA) is 34.2 Å². The predicted octanol–water partition coefficient (Wildman–Crippen LogP) is 2.94. The number of nitrogens with one attached hydrogen (secondary N) is 1. The smallest absolute Gasteiger partial charge is 0.144 e. The summed E-state index contributed by atoms with van der Waals surface area (Å²) in [4.78, 5) is 4.23. The van der Waals surface area contributed by atoms with Gasteiger partial charge >= 0.3 is 0 Å². The van der Waals surface area contributed by atoms with Gasteiger partial charge in [0.1, 0.15) is 5.75 Å². The van der Waals surface area contributed by atoms with Crippen molar-refractivity contribution >= 4 is 28.2 Å². The number of fused-ring (bicyclic) bond motifs is 1. The molecule has 0 bridgehead atoms. The van der Waals surface area contributed by atoms with Crippen molar-refractivity contribution in [1.29, 1.82) is 0 Å². The molecule has 0 atom stereocenters. The molecule has 3 nitrogen and oxygen atoms in total. The van der Waals surface area contributed by atoms with Crippen LogP contribution < -0.4 is 10.1 Å². The molecule has 0 unspecified atom stereocenters. The number of hydrogen-bond acceptors (Lipinski definition) is 3. The Morgan fingerprint density at radius 1 is 1.40 bits per heavy atom. The second-order valence-electron chi connectivity index (χ2n) is 3.11. The van der Waals surface area contributed by atoms with Crippen LogP contribution >= 0.6 is 11.6 Å². The van der Waals surface area contributed by atoms with Crippen molar-refractivity contribution in [2.45, 2.75) is 0 Å². The summed E-state index contributed by atoms with van der Waals surface area (Å²) in [6, 6.07) is 5.58. The third-order valence-corrected chi connectivity index (χ3v) is 2.61. The van der Waals surface area contributed by atoms with Crippen molar-refractivity contribution < 1.29 is 4.74 Å². The molecule has 4 heteroatoms. The Kier molecular flexibility index (Phi) is 2.64. The van der Waals surface area contributed by atoms with E-state index in [2.05, 4.69) is 10.3 Å². The van der Waals surface area contributed by atoms with Gasteiger partial charge < -0.3 is 10.1 Å². The molecule has 2 aromatic rings. The molecule has 1 N–H and O–H groups in total. The van der Waals surface area contributed by atoms with E-state index >= 15 is 0 Å². The summed E-state index contributed by atoms with van der Waals surface area (Å²) < 4.78 is 5.24. The molecule has 0 aliphatic carbocycles. The van der Waals surface area contributed by atoms with Crippen molar-refractivity contribution in [3.8, 4) is 5.75 Å². The average Bonchev–Trinajstić information content (AvgIpc) is 2.28. The van der Waals surface area contributed by atoms with Crippen molar-refractivity contribution in [1.82, 2.24) is 4.98 Å². The minimum atomic E-state index is 0.694. The van der Waals surface area contributed by atoms with E-state index in [1.54, 1.807) is 19.4 Å². The molecule has 0 saturated carbocycles. The third-order valence-electron chi connectivity index (χ3n) is 2.28. The third kappa shape index (κ3) is 1.70. The van der Waals surface area contributed by atoms with E-state index in [-0.39, 0.29) is 0 Å². The van der Waals surface area contributed by atoms with E-state index < -0.39 is 0 Å². The van der Waals surface area contributed by atoms with Crippen LogP contribution in [-0.4, -0.2) is 19.1 Å². The highest BCUT2D eigenvalue weighted by Crippen LogP contribution is 2.32. The van der Waals surface area contributed by atoms with Gasteiger partial charge in [0.2, 0.25) is 0 Å². The Bertz CT molecular complexity index is 499. The van der Waals surface area contributed by atoms with Crippen LogP contribution in [0.25, 0.3) is 10.9 Å². The van der Waals surface area contributed by atoms with Crippen LogP contribution in [0.1, 0.15) is 0 Å². The van der Waals surface area contributed by atoms with Gasteiger partial charge in [0.05, 0.1) is 23.3 Å². The number of aromatic nitrogens is 1. The maximum atomic E-state index is 6.07. The van der Waals surface area contributed by atoms with Gasteiger partial charge in [-0.3, -0.25) is 4.98 Å². The Labute approximate surface area is 93.0 Å². The van der Waals surface area contributed by atoms with Gasteiger partial charge in [-0.1, -0.05) is 11.6 Å². The first-order valence-electron chi connectivity index (χ1n) is 4.56. The highest BCUT2D eigenvalue weighted by Gasteiger charge is 2.06. The zero-order valence-corrected chi connectivity index (χ0v) is 9.30. The Balaban J connectivity index is 2.75. The first-order chi connectivity index (χ1) is 7.26. The zero-order valence-electron chi connectivity index (χ0n) is 8.54. The Hall–Kier alpha value is -1.48. The van der Waals surface area contributed by atoms with E-state index in [1.807, 2.05) is 19.2 Å². The van der Waals surface area contributed by atoms with E-state index in [1.165, 1.54) is 0 Å². The second kappa shape index (κ2) is 3.95. The number of benzene rings is 1. The predicted molar refractivity (Wildman–Crippen MR) is 62.9 cm³/mol. The molecule has 0 aliphatic rings. The first-order valence-corrected chi connectivity index (χ1v) is 4.94. The highest BCUT2D eigenvalue weighted by molar-refractivity contribution is 6.35. The van der Waals surface area contributed by atoms with Gasteiger partial charge in [-0.25, -0.2) is 0 Å². The Morgan fingerprint density at radius 2 is 2.20 bits per heavy atom. The number of methoxy groups -OCH3 is 1. The molecule has 15 heavy (non-hydrogen) atoms. The van der Waals surface area contributed by atoms with Crippen LogP contribution in [0.15, 0.2) is 24.4 Å². The molecule has 0 fully saturated rings. The zero-order chi connectivity index (χ0) is 10.8. The number of nitrogens with zero attached hydrogens (tertiary/aromatic N) is 1.